The number of ether oxygens (including phenoxy) is 1. The first-order valence-corrected chi connectivity index (χ1v) is 11.9. The van der Waals surface area contributed by atoms with Crippen LogP contribution in [-0.4, -0.2) is 40.6 Å². The van der Waals surface area contributed by atoms with Crippen LogP contribution in [0.25, 0.3) is 10.9 Å². The summed E-state index contributed by atoms with van der Waals surface area (Å²) in [5.74, 6) is 0.549. The number of carbonyl (C=O) groups is 1. The molecule has 0 bridgehead atoms. The molecule has 0 radical (unpaired) electrons. The maximum atomic E-state index is 13.6. The van der Waals surface area contributed by atoms with Crippen molar-refractivity contribution in [1.29, 1.82) is 0 Å². The molecule has 6 nitrogen and oxygen atoms in total. The summed E-state index contributed by atoms with van der Waals surface area (Å²) in [4.78, 5) is 33.6. The van der Waals surface area contributed by atoms with Crippen LogP contribution in [0.3, 0.4) is 0 Å². The average molecular weight is 450 g/mol. The first-order valence-electron chi connectivity index (χ1n) is 11.9. The molecule has 0 fully saturated rings. The summed E-state index contributed by atoms with van der Waals surface area (Å²) >= 11 is 0. The van der Waals surface area contributed by atoms with Gasteiger partial charge in [-0.25, -0.2) is 4.98 Å². The molecule has 0 aliphatic rings. The zero-order valence-electron chi connectivity index (χ0n) is 20.2. The van der Waals surface area contributed by atoms with Crippen molar-refractivity contribution >= 4 is 16.8 Å². The Bertz CT molecular complexity index is 1120. The lowest BCUT2D eigenvalue weighted by Gasteiger charge is -2.31. The summed E-state index contributed by atoms with van der Waals surface area (Å²) in [6.45, 7) is 7.59. The lowest BCUT2D eigenvalue weighted by molar-refractivity contribution is 0.0673. The van der Waals surface area contributed by atoms with Gasteiger partial charge in [-0.3, -0.25) is 14.2 Å². The Kier molecular flexibility index (Phi) is 8.78. The van der Waals surface area contributed by atoms with E-state index < -0.39 is 0 Å². The van der Waals surface area contributed by atoms with Crippen LogP contribution >= 0.6 is 0 Å². The van der Waals surface area contributed by atoms with Gasteiger partial charge in [-0.05, 0) is 49.6 Å². The standard InChI is InChI=1S/C27H35N3O3/c1-5-7-10-17-29(26(31)22-15-13-21(6-2)14-16-22)20(3)25-28-24-12-9-8-11-23(24)27(32)30(25)18-19-33-4/h8-9,11-16,20H,5-7,10,17-19H2,1-4H3. The Balaban J connectivity index is 2.06. The predicted octanol–water partition coefficient (Wildman–Crippen LogP) is 5.00. The molecule has 176 valence electrons. The van der Waals surface area contributed by atoms with Gasteiger partial charge < -0.3 is 9.64 Å². The molecule has 0 aliphatic heterocycles. The van der Waals surface area contributed by atoms with Crippen molar-refractivity contribution in [2.24, 2.45) is 0 Å². The van der Waals surface area contributed by atoms with Crippen molar-refractivity contribution in [3.8, 4) is 0 Å². The normalized spacial score (nSPS) is 12.1. The number of amides is 1. The van der Waals surface area contributed by atoms with E-state index in [1.54, 1.807) is 17.7 Å². The first-order chi connectivity index (χ1) is 16.0. The van der Waals surface area contributed by atoms with E-state index >= 15 is 0 Å². The van der Waals surface area contributed by atoms with Gasteiger partial charge in [-0.1, -0.05) is 51.0 Å². The monoisotopic (exact) mass is 449 g/mol. The third kappa shape index (κ3) is 5.69. The highest BCUT2D eigenvalue weighted by atomic mass is 16.5. The van der Waals surface area contributed by atoms with E-state index in [1.807, 2.05) is 54.3 Å². The summed E-state index contributed by atoms with van der Waals surface area (Å²) in [5, 5.41) is 0.573. The number of hydrogen-bond donors (Lipinski definition) is 0. The van der Waals surface area contributed by atoms with Gasteiger partial charge in [0.2, 0.25) is 0 Å². The Morgan fingerprint density at radius 3 is 2.48 bits per heavy atom. The Hall–Kier alpha value is -2.99. The van der Waals surface area contributed by atoms with Crippen molar-refractivity contribution in [3.63, 3.8) is 0 Å². The van der Waals surface area contributed by atoms with Gasteiger partial charge in [-0.2, -0.15) is 0 Å². The number of hydrogen-bond acceptors (Lipinski definition) is 4. The average Bonchev–Trinajstić information content (AvgIpc) is 2.85. The molecule has 1 heterocycles. The lowest BCUT2D eigenvalue weighted by Crippen LogP contribution is -2.38. The van der Waals surface area contributed by atoms with Crippen LogP contribution in [0.5, 0.6) is 0 Å². The molecular weight excluding hydrogens is 414 g/mol. The number of aryl methyl sites for hydroxylation is 1. The van der Waals surface area contributed by atoms with Crippen molar-refractivity contribution in [2.45, 2.75) is 59.0 Å². The summed E-state index contributed by atoms with van der Waals surface area (Å²) in [7, 11) is 1.61. The number of nitrogens with zero attached hydrogens (tertiary/aromatic N) is 3. The van der Waals surface area contributed by atoms with Crippen LogP contribution < -0.4 is 5.56 Å². The van der Waals surface area contributed by atoms with Crippen molar-refractivity contribution in [3.05, 3.63) is 75.8 Å². The van der Waals surface area contributed by atoms with Crippen LogP contribution in [0.1, 0.15) is 67.8 Å². The van der Waals surface area contributed by atoms with Gasteiger partial charge in [0.05, 0.1) is 30.1 Å². The molecule has 2 aromatic carbocycles. The molecule has 1 amide bonds. The number of para-hydroxylation sites is 1. The van der Waals surface area contributed by atoms with Gasteiger partial charge in [-0.15, -0.1) is 0 Å². The van der Waals surface area contributed by atoms with Crippen LogP contribution in [0.2, 0.25) is 0 Å². The molecule has 1 aromatic heterocycles. The SMILES string of the molecule is CCCCCN(C(=O)c1ccc(CC)cc1)C(C)c1nc2ccccc2c(=O)n1CCOC. The molecule has 0 spiro atoms. The molecule has 3 rings (SSSR count). The molecular formula is C27H35N3O3. The van der Waals surface area contributed by atoms with Crippen LogP contribution in [0, 0.1) is 0 Å². The first kappa shape index (κ1) is 24.6. The molecule has 6 heteroatoms. The highest BCUT2D eigenvalue weighted by molar-refractivity contribution is 5.94. The summed E-state index contributed by atoms with van der Waals surface area (Å²) in [6, 6.07) is 14.8. The van der Waals surface area contributed by atoms with E-state index in [0.29, 0.717) is 42.0 Å². The number of carbonyl (C=O) groups excluding carboxylic acids is 1. The zero-order chi connectivity index (χ0) is 23.8. The van der Waals surface area contributed by atoms with E-state index in [-0.39, 0.29) is 17.5 Å². The Morgan fingerprint density at radius 1 is 1.09 bits per heavy atom. The number of fused-ring (bicyclic) bond motifs is 1. The molecule has 0 saturated heterocycles. The highest BCUT2D eigenvalue weighted by Crippen LogP contribution is 2.23. The third-order valence-corrected chi connectivity index (χ3v) is 6.12. The Morgan fingerprint density at radius 2 is 1.82 bits per heavy atom. The van der Waals surface area contributed by atoms with Gasteiger partial charge in [0.15, 0.2) is 0 Å². The van der Waals surface area contributed by atoms with E-state index in [4.69, 9.17) is 9.72 Å². The maximum Gasteiger partial charge on any atom is 0.261 e. The number of rotatable bonds is 11. The fraction of sp³-hybridized carbons (Fsp3) is 0.444. The second kappa shape index (κ2) is 11.8. The maximum absolute atomic E-state index is 13.6. The van der Waals surface area contributed by atoms with E-state index in [1.165, 1.54) is 5.56 Å². The quantitative estimate of drug-likeness (QED) is 0.387. The molecule has 0 aliphatic carbocycles. The van der Waals surface area contributed by atoms with Crippen LogP contribution in [0.4, 0.5) is 0 Å². The number of methoxy groups -OCH3 is 1. The lowest BCUT2D eigenvalue weighted by atomic mass is 10.1. The fourth-order valence-electron chi connectivity index (χ4n) is 4.09. The minimum absolute atomic E-state index is 0.0399. The van der Waals surface area contributed by atoms with Crippen LogP contribution in [0.15, 0.2) is 53.3 Å². The predicted molar refractivity (Wildman–Crippen MR) is 133 cm³/mol. The summed E-state index contributed by atoms with van der Waals surface area (Å²) in [5.41, 5.74) is 2.39. The van der Waals surface area contributed by atoms with E-state index in [9.17, 15) is 9.59 Å². The smallest absolute Gasteiger partial charge is 0.261 e. The minimum atomic E-state index is -0.366. The number of aromatic nitrogens is 2. The van der Waals surface area contributed by atoms with Crippen molar-refractivity contribution in [2.75, 3.05) is 20.3 Å². The van der Waals surface area contributed by atoms with Gasteiger partial charge >= 0.3 is 0 Å². The van der Waals surface area contributed by atoms with E-state index in [0.717, 1.165) is 25.7 Å². The largest absolute Gasteiger partial charge is 0.383 e. The second-order valence-electron chi connectivity index (χ2n) is 8.37. The van der Waals surface area contributed by atoms with Crippen molar-refractivity contribution < 1.29 is 9.53 Å². The topological polar surface area (TPSA) is 64.4 Å². The van der Waals surface area contributed by atoms with Crippen molar-refractivity contribution in [1.82, 2.24) is 14.5 Å². The minimum Gasteiger partial charge on any atom is -0.383 e. The number of unbranched alkanes of at least 4 members (excludes halogenated alkanes) is 2. The summed E-state index contributed by atoms with van der Waals surface area (Å²) in [6.07, 6.45) is 3.93. The van der Waals surface area contributed by atoms with E-state index in [2.05, 4.69) is 13.8 Å². The van der Waals surface area contributed by atoms with Gasteiger partial charge in [0.25, 0.3) is 11.5 Å². The molecule has 33 heavy (non-hydrogen) atoms. The molecule has 0 saturated carbocycles. The van der Waals surface area contributed by atoms with Crippen LogP contribution in [-0.2, 0) is 17.7 Å². The molecule has 3 aromatic rings. The zero-order valence-corrected chi connectivity index (χ0v) is 20.2. The fourth-order valence-corrected chi connectivity index (χ4v) is 4.09. The Labute approximate surface area is 196 Å². The highest BCUT2D eigenvalue weighted by Gasteiger charge is 2.26. The summed E-state index contributed by atoms with van der Waals surface area (Å²) < 4.78 is 6.92. The molecule has 1 atom stereocenters. The third-order valence-electron chi connectivity index (χ3n) is 6.12. The second-order valence-corrected chi connectivity index (χ2v) is 8.37. The molecule has 1 unspecified atom stereocenters. The molecule has 0 N–H and O–H groups in total. The van der Waals surface area contributed by atoms with Gasteiger partial charge in [0, 0.05) is 19.2 Å². The number of benzene rings is 2. The van der Waals surface area contributed by atoms with Gasteiger partial charge in [0.1, 0.15) is 5.82 Å².